The summed E-state index contributed by atoms with van der Waals surface area (Å²) in [5.41, 5.74) is 13.8. The highest BCUT2D eigenvalue weighted by Crippen LogP contribution is 2.59. The van der Waals surface area contributed by atoms with Gasteiger partial charge in [-0.15, -0.1) is 0 Å². The van der Waals surface area contributed by atoms with Crippen molar-refractivity contribution in [3.8, 4) is 28.2 Å². The zero-order chi connectivity index (χ0) is 79.5. The molecule has 3 aliphatic rings. The van der Waals surface area contributed by atoms with Gasteiger partial charge in [-0.05, 0) is 181 Å². The summed E-state index contributed by atoms with van der Waals surface area (Å²) in [6.07, 6.45) is 0. The molecule has 19 rings (SSSR count). The maximum atomic E-state index is 10.1. The van der Waals surface area contributed by atoms with Crippen molar-refractivity contribution in [2.24, 2.45) is 0 Å². The van der Waals surface area contributed by atoms with Gasteiger partial charge in [-0.25, -0.2) is 0 Å². The third-order valence-electron chi connectivity index (χ3n) is 20.7. The molecule has 3 aliphatic heterocycles. The van der Waals surface area contributed by atoms with E-state index in [2.05, 4.69) is 199 Å². The predicted molar refractivity (Wildman–Crippen MR) is 413 cm³/mol. The SMILES string of the molecule is [2H]c1c([2H])c([2H])c2c(c1[2H])c1c([2H])c([2H])c([2H])c([2H])c1n2-c1ccc2c(c1)N(c1ccc(C(C)(C)C)cc1-c1ccccc1)c1cc(-n3c4c([2H])c([2H])c([2H])c([2H])c4c4c([2H])c([2H])c([2H])c([2H])c43)cc3c1B2c1ccc(-n2c4ccc(C(C)(C)C)cc4c4cc(C(C)(C)C)ccc42)cc1C31c2ccccc2Sc2ccccc21. The summed E-state index contributed by atoms with van der Waals surface area (Å²) in [6.45, 7) is 19.1. The summed E-state index contributed by atoms with van der Waals surface area (Å²) in [5.74, 6) is 0. The second kappa shape index (κ2) is 20.7. The molecule has 1 spiro atoms. The van der Waals surface area contributed by atoms with Crippen LogP contribution in [0.5, 0.6) is 0 Å². The quantitative estimate of drug-likeness (QED) is 0.160. The maximum absolute atomic E-state index is 10.1. The van der Waals surface area contributed by atoms with Crippen LogP contribution in [0.4, 0.5) is 17.1 Å². The number of hydrogen-bond donors (Lipinski definition) is 0. The molecule has 0 unspecified atom stereocenters. The van der Waals surface area contributed by atoms with E-state index in [-0.39, 0.29) is 65.8 Å². The van der Waals surface area contributed by atoms with Gasteiger partial charge in [0.25, 0.3) is 0 Å². The Balaban J connectivity index is 1.05. The summed E-state index contributed by atoms with van der Waals surface area (Å²) in [5, 5.41) is 1.83. The van der Waals surface area contributed by atoms with Crippen LogP contribution in [0.25, 0.3) is 93.6 Å². The lowest BCUT2D eigenvalue weighted by Crippen LogP contribution is -2.65. The third kappa shape index (κ3) is 8.39. The summed E-state index contributed by atoms with van der Waals surface area (Å²) < 4.78 is 158. The average molecular weight is 1280 g/mol. The Morgan fingerprint density at radius 1 is 0.340 bits per heavy atom. The van der Waals surface area contributed by atoms with Crippen LogP contribution in [0, 0.1) is 0 Å². The highest BCUT2D eigenvalue weighted by molar-refractivity contribution is 7.99. The Bertz CT molecular complexity index is 6750. The molecule has 0 aliphatic carbocycles. The number of anilines is 3. The first-order chi connectivity index (χ1) is 53.7. The van der Waals surface area contributed by atoms with E-state index < -0.39 is 114 Å². The topological polar surface area (TPSA) is 18.0 Å². The van der Waals surface area contributed by atoms with Gasteiger partial charge in [-0.2, -0.15) is 0 Å². The molecule has 6 heteroatoms. The first-order valence-electron chi connectivity index (χ1n) is 41.1. The minimum Gasteiger partial charge on any atom is -0.311 e. The van der Waals surface area contributed by atoms with Gasteiger partial charge < -0.3 is 18.6 Å². The van der Waals surface area contributed by atoms with E-state index in [9.17, 15) is 19.2 Å². The van der Waals surface area contributed by atoms with Crippen molar-refractivity contribution in [2.75, 3.05) is 4.90 Å². The number of fused-ring (bicyclic) bond motifs is 19. The first kappa shape index (κ1) is 43.5. The van der Waals surface area contributed by atoms with Crippen LogP contribution in [-0.2, 0) is 21.7 Å². The molecule has 0 N–H and O–H groups in total. The molecule has 16 aromatic rings. The van der Waals surface area contributed by atoms with Crippen LogP contribution in [0.15, 0.2) is 288 Å². The van der Waals surface area contributed by atoms with Crippen molar-refractivity contribution in [1.82, 2.24) is 13.7 Å². The molecule has 97 heavy (non-hydrogen) atoms. The van der Waals surface area contributed by atoms with Gasteiger partial charge in [-0.3, -0.25) is 0 Å². The monoisotopic (exact) mass is 1280 g/mol. The Labute approximate surface area is 594 Å². The van der Waals surface area contributed by atoms with Crippen LogP contribution < -0.4 is 21.3 Å². The van der Waals surface area contributed by atoms with Crippen molar-refractivity contribution in [3.05, 3.63) is 318 Å². The molecule has 0 amide bonds. The highest BCUT2D eigenvalue weighted by atomic mass is 32.2. The van der Waals surface area contributed by atoms with E-state index in [4.69, 9.17) is 2.74 Å². The zero-order valence-corrected chi connectivity index (χ0v) is 55.9. The highest BCUT2D eigenvalue weighted by Gasteiger charge is 2.55. The van der Waals surface area contributed by atoms with E-state index >= 15 is 0 Å². The smallest absolute Gasteiger partial charge is 0.247 e. The molecule has 0 fully saturated rings. The molecule has 0 radical (unpaired) electrons. The van der Waals surface area contributed by atoms with Crippen molar-refractivity contribution < 1.29 is 21.9 Å². The van der Waals surface area contributed by atoms with Gasteiger partial charge in [0.1, 0.15) is 0 Å². The number of nitrogens with zero attached hydrogens (tertiary/aromatic N) is 4. The molecule has 0 saturated heterocycles. The molecular weight excluding hydrogens is 1190 g/mol. The van der Waals surface area contributed by atoms with Crippen molar-refractivity contribution in [2.45, 2.75) is 93.8 Å². The van der Waals surface area contributed by atoms with Crippen LogP contribution >= 0.6 is 11.8 Å². The number of aromatic nitrogens is 3. The largest absolute Gasteiger partial charge is 0.311 e. The summed E-state index contributed by atoms with van der Waals surface area (Å²) >= 11 is 1.67. The molecule has 0 saturated carbocycles. The Morgan fingerprint density at radius 2 is 0.773 bits per heavy atom. The first-order valence-corrected chi connectivity index (χ1v) is 33.9. The molecule has 6 heterocycles. The van der Waals surface area contributed by atoms with E-state index in [0.717, 1.165) is 92.6 Å². The summed E-state index contributed by atoms with van der Waals surface area (Å²) in [6, 6.07) is 55.3. The average Bonchev–Trinajstić information content (AvgIpc) is 0.939. The standard InChI is InChI=1S/C91H73BN4S/c1-88(2,3)57-39-46-80(67(49-57)56-25-11-10-12-26-56)96-83-54-61(94-76-33-19-13-27-63(76)64-28-14-20-34-77(64)94)43-45-75(83)92-74-44-42-60(93-81-47-40-58(89(4,5)6)50-68(81)69-51-59(90(7,8)9)41-48-82(69)93)52-72(74)91(70-31-17-23-37-85(70)97-86-38-24-18-32-71(86)91)73-53-62(55-84(96)87(73)92)95-78-35-21-15-29-65(78)66-30-16-22-36-79(66)95/h10-55H,1-9H3/i13D,14D,15D,16D,19D,20D,21D,22D,27D,28D,29D,30D,33D,34D,35D,36D. The van der Waals surface area contributed by atoms with E-state index in [1.807, 2.05) is 54.6 Å². The fraction of sp³-hybridized carbons (Fsp3) is 0.143. The Hall–Kier alpha value is -10.5. The number of benzene rings is 13. The second-order valence-electron chi connectivity index (χ2n) is 29.3. The molecule has 3 aromatic heterocycles. The minimum absolute atomic E-state index is 0.0652. The lowest BCUT2D eigenvalue weighted by molar-refractivity contribution is 0.590. The molecule has 466 valence electrons. The lowest BCUT2D eigenvalue weighted by Gasteiger charge is -2.51. The number of rotatable bonds is 5. The van der Waals surface area contributed by atoms with Crippen LogP contribution in [0.1, 0.15) is 123 Å². The normalized spacial score (nSPS) is 16.3. The molecule has 0 bridgehead atoms. The number of para-hydroxylation sites is 4. The predicted octanol–water partition coefficient (Wildman–Crippen LogP) is 22.0. The Kier molecular flexibility index (Phi) is 9.31. The van der Waals surface area contributed by atoms with E-state index in [1.165, 1.54) is 11.1 Å². The van der Waals surface area contributed by atoms with Crippen LogP contribution in [-0.4, -0.2) is 20.4 Å². The lowest BCUT2D eigenvalue weighted by atomic mass is 9.29. The summed E-state index contributed by atoms with van der Waals surface area (Å²) in [4.78, 5) is 4.11. The minimum atomic E-state index is -1.33. The van der Waals surface area contributed by atoms with Crippen molar-refractivity contribution in [3.63, 3.8) is 0 Å². The summed E-state index contributed by atoms with van der Waals surface area (Å²) in [7, 11) is 0. The van der Waals surface area contributed by atoms with E-state index in [0.29, 0.717) is 17.1 Å². The molecule has 13 aromatic carbocycles. The maximum Gasteiger partial charge on any atom is 0.247 e. The zero-order valence-electron chi connectivity index (χ0n) is 71.1. The van der Waals surface area contributed by atoms with Crippen LogP contribution in [0.3, 0.4) is 0 Å². The molecule has 4 nitrogen and oxygen atoms in total. The van der Waals surface area contributed by atoms with Gasteiger partial charge in [0.2, 0.25) is 6.71 Å². The third-order valence-corrected chi connectivity index (χ3v) is 21.9. The van der Waals surface area contributed by atoms with Crippen molar-refractivity contribution >= 4 is 117 Å². The Morgan fingerprint density at radius 3 is 1.31 bits per heavy atom. The van der Waals surface area contributed by atoms with Gasteiger partial charge in [0.15, 0.2) is 0 Å². The van der Waals surface area contributed by atoms with Crippen LogP contribution in [0.2, 0.25) is 0 Å². The van der Waals surface area contributed by atoms with Gasteiger partial charge in [-0.1, -0.05) is 249 Å². The van der Waals surface area contributed by atoms with Gasteiger partial charge in [0, 0.05) is 76.1 Å². The van der Waals surface area contributed by atoms with Gasteiger partial charge >= 0.3 is 0 Å². The fourth-order valence-electron chi connectivity index (χ4n) is 16.1. The molecule has 0 atom stereocenters. The van der Waals surface area contributed by atoms with Gasteiger partial charge in [0.05, 0.1) is 66.1 Å². The van der Waals surface area contributed by atoms with Crippen molar-refractivity contribution in [1.29, 1.82) is 0 Å². The fourth-order valence-corrected chi connectivity index (χ4v) is 17.3. The number of hydrogen-bond acceptors (Lipinski definition) is 2. The second-order valence-corrected chi connectivity index (χ2v) is 30.3. The van der Waals surface area contributed by atoms with E-state index in [1.54, 1.807) is 20.9 Å². The molecular formula is C91H73BN4S.